The topological polar surface area (TPSA) is 52.6 Å². The Morgan fingerprint density at radius 2 is 1.82 bits per heavy atom. The Kier molecular flexibility index (Phi) is 4.42. The van der Waals surface area contributed by atoms with Crippen molar-refractivity contribution >= 4 is 11.9 Å². The molecule has 0 amide bonds. The van der Waals surface area contributed by atoms with E-state index in [9.17, 15) is 9.59 Å². The normalized spacial score (nSPS) is 34.1. The maximum atomic E-state index is 12.4. The molecule has 0 aromatic rings. The first-order valence-electron chi connectivity index (χ1n) is 8.11. The molecule has 0 aliphatic heterocycles. The average molecular weight is 308 g/mol. The highest BCUT2D eigenvalue weighted by atomic mass is 16.6. The Morgan fingerprint density at radius 1 is 1.18 bits per heavy atom. The van der Waals surface area contributed by atoms with E-state index in [1.807, 2.05) is 27.7 Å². The van der Waals surface area contributed by atoms with E-state index in [4.69, 9.17) is 9.47 Å². The first-order chi connectivity index (χ1) is 9.99. The highest BCUT2D eigenvalue weighted by Crippen LogP contribution is 2.51. The molecule has 0 saturated heterocycles. The van der Waals surface area contributed by atoms with Gasteiger partial charge < -0.3 is 9.47 Å². The largest absolute Gasteiger partial charge is 0.460 e. The van der Waals surface area contributed by atoms with Gasteiger partial charge in [0.25, 0.3) is 0 Å². The first-order valence-corrected chi connectivity index (χ1v) is 8.11. The lowest BCUT2D eigenvalue weighted by Gasteiger charge is -2.37. The van der Waals surface area contributed by atoms with Crippen LogP contribution in [0.3, 0.4) is 0 Å². The van der Waals surface area contributed by atoms with Gasteiger partial charge in [-0.1, -0.05) is 6.58 Å². The van der Waals surface area contributed by atoms with Crippen LogP contribution in [0.5, 0.6) is 0 Å². The van der Waals surface area contributed by atoms with Crippen LogP contribution in [0, 0.1) is 17.8 Å². The highest BCUT2D eigenvalue weighted by Gasteiger charge is 2.50. The Labute approximate surface area is 133 Å². The van der Waals surface area contributed by atoms with Gasteiger partial charge in [0.05, 0.1) is 5.92 Å². The van der Waals surface area contributed by atoms with E-state index >= 15 is 0 Å². The zero-order valence-electron chi connectivity index (χ0n) is 14.4. The van der Waals surface area contributed by atoms with Crippen molar-refractivity contribution in [2.45, 2.75) is 71.5 Å². The molecule has 4 nitrogen and oxygen atoms in total. The molecule has 4 unspecified atom stereocenters. The lowest BCUT2D eigenvalue weighted by Crippen LogP contribution is -2.39. The van der Waals surface area contributed by atoms with E-state index < -0.39 is 11.2 Å². The number of fused-ring (bicyclic) bond motifs is 2. The summed E-state index contributed by atoms with van der Waals surface area (Å²) in [6.45, 7) is 13.0. The van der Waals surface area contributed by atoms with Crippen molar-refractivity contribution in [1.29, 1.82) is 0 Å². The summed E-state index contributed by atoms with van der Waals surface area (Å²) < 4.78 is 11.2. The van der Waals surface area contributed by atoms with Crippen molar-refractivity contribution in [3.63, 3.8) is 0 Å². The highest BCUT2D eigenvalue weighted by molar-refractivity contribution is 5.87. The van der Waals surface area contributed by atoms with Gasteiger partial charge in [-0.15, -0.1) is 0 Å². The second-order valence-electron chi connectivity index (χ2n) is 8.27. The summed E-state index contributed by atoms with van der Waals surface area (Å²) in [5.74, 6) is 0.179. The summed E-state index contributed by atoms with van der Waals surface area (Å²) in [4.78, 5) is 24.2. The second kappa shape index (κ2) is 5.71. The number of ether oxygens (including phenoxy) is 2. The molecule has 0 spiro atoms. The third kappa shape index (κ3) is 3.90. The molecule has 0 aromatic heterocycles. The van der Waals surface area contributed by atoms with E-state index in [1.165, 1.54) is 0 Å². The molecule has 0 radical (unpaired) electrons. The van der Waals surface area contributed by atoms with Crippen LogP contribution in [0.1, 0.15) is 60.3 Å². The van der Waals surface area contributed by atoms with Crippen LogP contribution < -0.4 is 0 Å². The fourth-order valence-corrected chi connectivity index (χ4v) is 3.94. The molecule has 0 N–H and O–H groups in total. The van der Waals surface area contributed by atoms with Gasteiger partial charge in [-0.2, -0.15) is 0 Å². The van der Waals surface area contributed by atoms with E-state index in [-0.39, 0.29) is 23.8 Å². The summed E-state index contributed by atoms with van der Waals surface area (Å²) in [5, 5.41) is 0. The molecular formula is C18H28O4. The van der Waals surface area contributed by atoms with Crippen molar-refractivity contribution in [1.82, 2.24) is 0 Å². The van der Waals surface area contributed by atoms with E-state index in [2.05, 4.69) is 6.58 Å². The number of carbonyl (C=O) groups excluding carboxylic acids is 2. The Bertz CT molecular complexity index is 488. The molecule has 0 heterocycles. The van der Waals surface area contributed by atoms with Gasteiger partial charge in [-0.3, -0.25) is 4.79 Å². The number of carbonyl (C=O) groups is 2. The zero-order valence-corrected chi connectivity index (χ0v) is 14.4. The minimum atomic E-state index is -0.486. The van der Waals surface area contributed by atoms with Crippen molar-refractivity contribution < 1.29 is 19.1 Å². The molecule has 2 rings (SSSR count). The van der Waals surface area contributed by atoms with E-state index in [0.717, 1.165) is 25.7 Å². The minimum Gasteiger partial charge on any atom is -0.460 e. The van der Waals surface area contributed by atoms with E-state index in [1.54, 1.807) is 6.92 Å². The number of hydrogen-bond donors (Lipinski definition) is 0. The van der Waals surface area contributed by atoms with Crippen LogP contribution in [-0.4, -0.2) is 23.1 Å². The Morgan fingerprint density at radius 3 is 2.36 bits per heavy atom. The van der Waals surface area contributed by atoms with Crippen molar-refractivity contribution in [2.75, 3.05) is 0 Å². The SMILES string of the molecule is C=C(C)C(=O)OC1(C)CC2CC(C1)C(C(=O)OC(C)(C)C)C2. The summed E-state index contributed by atoms with van der Waals surface area (Å²) >= 11 is 0. The quantitative estimate of drug-likeness (QED) is 0.590. The van der Waals surface area contributed by atoms with Crippen LogP contribution in [0.4, 0.5) is 0 Å². The molecule has 2 aliphatic rings. The molecule has 2 fully saturated rings. The van der Waals surface area contributed by atoms with Gasteiger partial charge in [0.15, 0.2) is 0 Å². The molecular weight excluding hydrogens is 280 g/mol. The molecule has 22 heavy (non-hydrogen) atoms. The van der Waals surface area contributed by atoms with Gasteiger partial charge in [0, 0.05) is 5.57 Å². The van der Waals surface area contributed by atoms with Crippen LogP contribution in [0.15, 0.2) is 12.2 Å². The lowest BCUT2D eigenvalue weighted by molar-refractivity contribution is -0.163. The summed E-state index contributed by atoms with van der Waals surface area (Å²) in [6.07, 6.45) is 3.43. The molecule has 124 valence electrons. The van der Waals surface area contributed by atoms with Crippen LogP contribution >= 0.6 is 0 Å². The maximum Gasteiger partial charge on any atom is 0.333 e. The van der Waals surface area contributed by atoms with Crippen molar-refractivity contribution in [3.05, 3.63) is 12.2 Å². The standard InChI is InChI=1S/C18H28O4/c1-11(2)15(19)22-18(6)9-12-7-13(10-18)14(8-12)16(20)21-17(3,4)5/h12-14H,1,7-10H2,2-6H3. The summed E-state index contributed by atoms with van der Waals surface area (Å²) in [6, 6.07) is 0. The Hall–Kier alpha value is -1.32. The van der Waals surface area contributed by atoms with Gasteiger partial charge in [-0.25, -0.2) is 4.79 Å². The fourth-order valence-electron chi connectivity index (χ4n) is 3.94. The first kappa shape index (κ1) is 17.0. The van der Waals surface area contributed by atoms with Crippen LogP contribution in [0.25, 0.3) is 0 Å². The van der Waals surface area contributed by atoms with Crippen molar-refractivity contribution in [3.8, 4) is 0 Å². The third-order valence-corrected chi connectivity index (χ3v) is 4.60. The molecule has 0 aromatic carbocycles. The average Bonchev–Trinajstić information content (AvgIpc) is 2.62. The number of rotatable bonds is 3. The smallest absolute Gasteiger partial charge is 0.333 e. The van der Waals surface area contributed by atoms with Gasteiger partial charge in [0.1, 0.15) is 11.2 Å². The van der Waals surface area contributed by atoms with Crippen molar-refractivity contribution in [2.24, 2.45) is 17.8 Å². The van der Waals surface area contributed by atoms with Crippen LogP contribution in [0.2, 0.25) is 0 Å². The Balaban J connectivity index is 2.04. The monoisotopic (exact) mass is 308 g/mol. The second-order valence-corrected chi connectivity index (χ2v) is 8.27. The zero-order chi connectivity index (χ0) is 16.7. The minimum absolute atomic E-state index is 0.0606. The molecule has 2 aliphatic carbocycles. The van der Waals surface area contributed by atoms with Crippen LogP contribution in [-0.2, 0) is 19.1 Å². The molecule has 2 bridgehead atoms. The molecule has 4 atom stereocenters. The summed E-state index contributed by atoms with van der Waals surface area (Å²) in [5.41, 5.74) is -0.521. The van der Waals surface area contributed by atoms with E-state index in [0.29, 0.717) is 11.5 Å². The fraction of sp³-hybridized carbons (Fsp3) is 0.778. The van der Waals surface area contributed by atoms with Gasteiger partial charge in [0.2, 0.25) is 0 Å². The van der Waals surface area contributed by atoms with Gasteiger partial charge >= 0.3 is 11.9 Å². The molecule has 2 saturated carbocycles. The predicted octanol–water partition coefficient (Wildman–Crippen LogP) is 3.64. The number of hydrogen-bond acceptors (Lipinski definition) is 4. The van der Waals surface area contributed by atoms with Gasteiger partial charge in [-0.05, 0) is 72.1 Å². The lowest BCUT2D eigenvalue weighted by atomic mass is 9.77. The third-order valence-electron chi connectivity index (χ3n) is 4.60. The number of esters is 2. The predicted molar refractivity (Wildman–Crippen MR) is 84.1 cm³/mol. The maximum absolute atomic E-state index is 12.4. The summed E-state index contributed by atoms with van der Waals surface area (Å²) in [7, 11) is 0. The molecule has 4 heteroatoms.